The number of benzene rings is 1. The molecule has 3 N–H and O–H groups in total. The highest BCUT2D eigenvalue weighted by Gasteiger charge is 2.14. The molecule has 0 saturated heterocycles. The Hall–Kier alpha value is -0.570. The van der Waals surface area contributed by atoms with E-state index in [0.717, 1.165) is 5.56 Å². The minimum absolute atomic E-state index is 0.0942. The molecule has 0 aliphatic rings. The lowest BCUT2D eigenvalue weighted by Crippen LogP contribution is -2.29. The van der Waals surface area contributed by atoms with Gasteiger partial charge in [0, 0.05) is 6.04 Å². The molecule has 66 valence electrons. The summed E-state index contributed by atoms with van der Waals surface area (Å²) < 4.78 is 0. The van der Waals surface area contributed by atoms with Crippen LogP contribution in [0.5, 0.6) is 0 Å². The predicted octanol–water partition coefficient (Wildman–Crippen LogP) is 1.29. The van der Waals surface area contributed by atoms with Gasteiger partial charge in [0.25, 0.3) is 0 Å². The van der Waals surface area contributed by atoms with Crippen LogP contribution in [0.2, 0.25) is 0 Å². The highest BCUT2D eigenvalue weighted by atomic mass is 35.5. The second kappa shape index (κ2) is 4.45. The van der Waals surface area contributed by atoms with Crippen molar-refractivity contribution >= 4 is 11.6 Å². The first-order chi connectivity index (χ1) is 5.75. The summed E-state index contributed by atoms with van der Waals surface area (Å²) in [6.45, 7) is -0.0942. The molecule has 12 heavy (non-hydrogen) atoms. The maximum absolute atomic E-state index is 8.76. The average molecular weight is 186 g/mol. The van der Waals surface area contributed by atoms with Crippen LogP contribution in [0.1, 0.15) is 10.9 Å². The smallest absolute Gasteiger partial charge is 0.0758 e. The van der Waals surface area contributed by atoms with Gasteiger partial charge in [-0.3, -0.25) is 0 Å². The first kappa shape index (κ1) is 9.52. The van der Waals surface area contributed by atoms with Crippen molar-refractivity contribution in [1.29, 1.82) is 0 Å². The minimum Gasteiger partial charge on any atom is -0.395 e. The molecule has 0 amide bonds. The molecule has 2 nitrogen and oxygen atoms in total. The van der Waals surface area contributed by atoms with Crippen LogP contribution < -0.4 is 5.73 Å². The molecule has 1 rings (SSSR count). The van der Waals surface area contributed by atoms with E-state index in [1.165, 1.54) is 0 Å². The van der Waals surface area contributed by atoms with E-state index in [1.807, 2.05) is 30.3 Å². The third-order valence-electron chi connectivity index (χ3n) is 1.70. The number of halogens is 1. The van der Waals surface area contributed by atoms with Crippen LogP contribution in [0.3, 0.4) is 0 Å². The number of rotatable bonds is 3. The molecule has 0 unspecified atom stereocenters. The van der Waals surface area contributed by atoms with Crippen molar-refractivity contribution < 1.29 is 5.11 Å². The Labute approximate surface area is 77.0 Å². The molecule has 0 spiro atoms. The fraction of sp³-hybridized carbons (Fsp3) is 0.333. The van der Waals surface area contributed by atoms with Crippen LogP contribution in [0.4, 0.5) is 0 Å². The third kappa shape index (κ3) is 2.21. The van der Waals surface area contributed by atoms with E-state index in [9.17, 15) is 0 Å². The van der Waals surface area contributed by atoms with Crippen molar-refractivity contribution in [3.8, 4) is 0 Å². The Morgan fingerprint density at radius 1 is 1.33 bits per heavy atom. The zero-order valence-electron chi connectivity index (χ0n) is 6.65. The second-order valence-electron chi connectivity index (χ2n) is 2.66. The van der Waals surface area contributed by atoms with E-state index in [2.05, 4.69) is 0 Å². The SMILES string of the molecule is N[C@@H](CO)[C@H](Cl)c1ccccc1. The number of aliphatic hydroxyl groups excluding tert-OH is 1. The molecular formula is C9H12ClNO. The molecule has 0 aliphatic carbocycles. The highest BCUT2D eigenvalue weighted by Crippen LogP contribution is 2.22. The first-order valence-electron chi connectivity index (χ1n) is 3.81. The number of hydrogen-bond donors (Lipinski definition) is 2. The summed E-state index contributed by atoms with van der Waals surface area (Å²) in [5.41, 5.74) is 6.51. The van der Waals surface area contributed by atoms with Gasteiger partial charge in [-0.05, 0) is 5.56 Å². The van der Waals surface area contributed by atoms with Gasteiger partial charge >= 0.3 is 0 Å². The topological polar surface area (TPSA) is 46.2 Å². The van der Waals surface area contributed by atoms with E-state index in [1.54, 1.807) is 0 Å². The van der Waals surface area contributed by atoms with Crippen molar-refractivity contribution in [2.24, 2.45) is 5.73 Å². The van der Waals surface area contributed by atoms with Crippen molar-refractivity contribution in [3.05, 3.63) is 35.9 Å². The summed E-state index contributed by atoms with van der Waals surface area (Å²) in [7, 11) is 0. The third-order valence-corrected chi connectivity index (χ3v) is 2.28. The van der Waals surface area contributed by atoms with Crippen LogP contribution in [0.25, 0.3) is 0 Å². The molecular weight excluding hydrogens is 174 g/mol. The zero-order valence-corrected chi connectivity index (χ0v) is 7.41. The van der Waals surface area contributed by atoms with E-state index >= 15 is 0 Å². The Morgan fingerprint density at radius 3 is 2.42 bits per heavy atom. The van der Waals surface area contributed by atoms with Gasteiger partial charge < -0.3 is 10.8 Å². The van der Waals surface area contributed by atoms with Gasteiger partial charge in [0.15, 0.2) is 0 Å². The first-order valence-corrected chi connectivity index (χ1v) is 4.25. The van der Waals surface area contributed by atoms with E-state index in [-0.39, 0.29) is 12.0 Å². The Morgan fingerprint density at radius 2 is 1.92 bits per heavy atom. The monoisotopic (exact) mass is 185 g/mol. The number of hydrogen-bond acceptors (Lipinski definition) is 2. The number of aliphatic hydroxyl groups is 1. The molecule has 0 saturated carbocycles. The molecule has 1 aromatic rings. The van der Waals surface area contributed by atoms with Gasteiger partial charge in [-0.25, -0.2) is 0 Å². The average Bonchev–Trinajstić information content (AvgIpc) is 2.17. The predicted molar refractivity (Wildman–Crippen MR) is 50.1 cm³/mol. The molecule has 0 radical (unpaired) electrons. The molecule has 0 aliphatic heterocycles. The van der Waals surface area contributed by atoms with Gasteiger partial charge in [0.1, 0.15) is 0 Å². The Kier molecular flexibility index (Phi) is 3.53. The lowest BCUT2D eigenvalue weighted by Gasteiger charge is -2.15. The minimum atomic E-state index is -0.394. The fourth-order valence-corrected chi connectivity index (χ4v) is 1.20. The summed E-state index contributed by atoms with van der Waals surface area (Å²) >= 11 is 5.97. The molecule has 0 bridgehead atoms. The normalized spacial score (nSPS) is 15.6. The van der Waals surface area contributed by atoms with Gasteiger partial charge in [-0.2, -0.15) is 0 Å². The van der Waals surface area contributed by atoms with Gasteiger partial charge in [-0.1, -0.05) is 30.3 Å². The summed E-state index contributed by atoms with van der Waals surface area (Å²) in [5.74, 6) is 0. The summed E-state index contributed by atoms with van der Waals surface area (Å²) in [6.07, 6.45) is 0. The van der Waals surface area contributed by atoms with E-state index in [4.69, 9.17) is 22.4 Å². The van der Waals surface area contributed by atoms with Crippen molar-refractivity contribution in [3.63, 3.8) is 0 Å². The number of alkyl halides is 1. The van der Waals surface area contributed by atoms with Crippen molar-refractivity contribution in [2.45, 2.75) is 11.4 Å². The maximum Gasteiger partial charge on any atom is 0.0758 e. The standard InChI is InChI=1S/C9H12ClNO/c10-9(8(11)6-12)7-4-2-1-3-5-7/h1-5,8-9,12H,6,11H2/t8-,9+/m0/s1. The molecule has 0 heterocycles. The Balaban J connectivity index is 2.71. The number of nitrogens with two attached hydrogens (primary N) is 1. The van der Waals surface area contributed by atoms with Crippen LogP contribution in [0, 0.1) is 0 Å². The Bertz CT molecular complexity index is 227. The van der Waals surface area contributed by atoms with E-state index < -0.39 is 6.04 Å². The van der Waals surface area contributed by atoms with Crippen molar-refractivity contribution in [2.75, 3.05) is 6.61 Å². The van der Waals surface area contributed by atoms with Gasteiger partial charge in [-0.15, -0.1) is 11.6 Å². The van der Waals surface area contributed by atoms with Crippen LogP contribution in [-0.4, -0.2) is 17.8 Å². The lowest BCUT2D eigenvalue weighted by molar-refractivity contribution is 0.263. The van der Waals surface area contributed by atoms with Gasteiger partial charge in [0.05, 0.1) is 12.0 Å². The van der Waals surface area contributed by atoms with Crippen molar-refractivity contribution in [1.82, 2.24) is 0 Å². The van der Waals surface area contributed by atoms with Crippen LogP contribution in [-0.2, 0) is 0 Å². The summed E-state index contributed by atoms with van der Waals surface area (Å²) in [5, 5.41) is 8.45. The molecule has 2 atom stereocenters. The quantitative estimate of drug-likeness (QED) is 0.698. The molecule has 1 aromatic carbocycles. The van der Waals surface area contributed by atoms with Crippen LogP contribution >= 0.6 is 11.6 Å². The molecule has 0 aromatic heterocycles. The summed E-state index contributed by atoms with van der Waals surface area (Å²) in [6, 6.07) is 9.11. The molecule has 3 heteroatoms. The van der Waals surface area contributed by atoms with Gasteiger partial charge in [0.2, 0.25) is 0 Å². The maximum atomic E-state index is 8.76. The largest absolute Gasteiger partial charge is 0.395 e. The zero-order chi connectivity index (χ0) is 8.97. The highest BCUT2D eigenvalue weighted by molar-refractivity contribution is 6.21. The fourth-order valence-electron chi connectivity index (χ4n) is 0.977. The lowest BCUT2D eigenvalue weighted by atomic mass is 10.1. The van der Waals surface area contributed by atoms with Crippen LogP contribution in [0.15, 0.2) is 30.3 Å². The summed E-state index contributed by atoms with van der Waals surface area (Å²) in [4.78, 5) is 0. The van der Waals surface area contributed by atoms with E-state index in [0.29, 0.717) is 0 Å². The second-order valence-corrected chi connectivity index (χ2v) is 3.13. The molecule has 0 fully saturated rings.